The Morgan fingerprint density at radius 2 is 2.12 bits per heavy atom. The van der Waals surface area contributed by atoms with Crippen LogP contribution < -0.4 is 4.90 Å². The smallest absolute Gasteiger partial charge is 0.231 e. The van der Waals surface area contributed by atoms with E-state index in [1.807, 2.05) is 13.8 Å². The summed E-state index contributed by atoms with van der Waals surface area (Å²) < 4.78 is 0. The highest BCUT2D eigenvalue weighted by molar-refractivity contribution is 6.31. The van der Waals surface area contributed by atoms with E-state index in [2.05, 4.69) is 0 Å². The fourth-order valence-electron chi connectivity index (χ4n) is 2.02. The Hall–Kier alpha value is -1.48. The summed E-state index contributed by atoms with van der Waals surface area (Å²) in [6, 6.07) is 5.21. The molecule has 0 saturated heterocycles. The van der Waals surface area contributed by atoms with Gasteiger partial charge in [0.1, 0.15) is 5.76 Å². The number of aliphatic hydroxyl groups is 1. The molecule has 90 valence electrons. The Balaban J connectivity index is 2.63. The maximum atomic E-state index is 12.0. The monoisotopic (exact) mass is 251 g/mol. The van der Waals surface area contributed by atoms with Gasteiger partial charge in [-0.05, 0) is 38.1 Å². The Morgan fingerprint density at radius 3 is 2.76 bits per heavy atom. The number of benzene rings is 1. The zero-order chi connectivity index (χ0) is 12.6. The first kappa shape index (κ1) is 12.0. The number of carbonyl (C=O) groups is 1. The van der Waals surface area contributed by atoms with E-state index >= 15 is 0 Å². The zero-order valence-corrected chi connectivity index (χ0v) is 10.5. The van der Waals surface area contributed by atoms with E-state index in [-0.39, 0.29) is 24.1 Å². The number of fused-ring (bicyclic) bond motifs is 1. The molecule has 2 rings (SSSR count). The molecular weight excluding hydrogens is 238 g/mol. The maximum absolute atomic E-state index is 12.0. The second kappa shape index (κ2) is 4.41. The summed E-state index contributed by atoms with van der Waals surface area (Å²) >= 11 is 5.92. The molecule has 1 aliphatic rings. The first-order valence-electron chi connectivity index (χ1n) is 5.52. The minimum atomic E-state index is -0.0207. The van der Waals surface area contributed by atoms with Gasteiger partial charge in [0.05, 0.1) is 5.69 Å². The van der Waals surface area contributed by atoms with Crippen molar-refractivity contribution in [3.05, 3.63) is 34.9 Å². The van der Waals surface area contributed by atoms with Gasteiger partial charge in [-0.15, -0.1) is 0 Å². The summed E-state index contributed by atoms with van der Waals surface area (Å²) in [6.07, 6.45) is 1.73. The van der Waals surface area contributed by atoms with Crippen molar-refractivity contribution in [3.8, 4) is 0 Å². The van der Waals surface area contributed by atoms with E-state index < -0.39 is 0 Å². The summed E-state index contributed by atoms with van der Waals surface area (Å²) in [5.41, 5.74) is 1.32. The molecule has 0 aliphatic carbocycles. The number of aliphatic hydroxyl groups excluding tert-OH is 1. The van der Waals surface area contributed by atoms with Gasteiger partial charge < -0.3 is 10.0 Å². The van der Waals surface area contributed by atoms with Crippen molar-refractivity contribution in [1.29, 1.82) is 0 Å². The molecule has 3 nitrogen and oxygen atoms in total. The second-order valence-corrected chi connectivity index (χ2v) is 4.75. The van der Waals surface area contributed by atoms with Gasteiger partial charge in [0.15, 0.2) is 0 Å². The molecule has 0 bridgehead atoms. The predicted octanol–water partition coefficient (Wildman–Crippen LogP) is 3.38. The zero-order valence-electron chi connectivity index (χ0n) is 9.77. The van der Waals surface area contributed by atoms with Gasteiger partial charge >= 0.3 is 0 Å². The molecule has 1 heterocycles. The molecule has 1 aromatic carbocycles. The lowest BCUT2D eigenvalue weighted by Gasteiger charge is -2.27. The molecule has 0 saturated carbocycles. The van der Waals surface area contributed by atoms with Gasteiger partial charge in [0.2, 0.25) is 5.91 Å². The topological polar surface area (TPSA) is 40.5 Å². The molecule has 0 radical (unpaired) electrons. The average Bonchev–Trinajstić information content (AvgIpc) is 2.38. The SMILES string of the molecule is CC(C)N1C(=O)CC=C(O)c2cc(Cl)ccc21. The van der Waals surface area contributed by atoms with Crippen LogP contribution in [0.25, 0.3) is 5.76 Å². The summed E-state index contributed by atoms with van der Waals surface area (Å²) in [7, 11) is 0. The van der Waals surface area contributed by atoms with Gasteiger partial charge in [-0.25, -0.2) is 0 Å². The van der Waals surface area contributed by atoms with E-state index in [4.69, 9.17) is 11.6 Å². The fourth-order valence-corrected chi connectivity index (χ4v) is 2.19. The molecule has 0 aromatic heterocycles. The quantitative estimate of drug-likeness (QED) is 0.831. The van der Waals surface area contributed by atoms with E-state index in [1.54, 1.807) is 23.1 Å². The molecule has 1 amide bonds. The highest BCUT2D eigenvalue weighted by atomic mass is 35.5. The van der Waals surface area contributed by atoms with E-state index in [0.717, 1.165) is 0 Å². The lowest BCUT2D eigenvalue weighted by molar-refractivity contribution is -0.118. The van der Waals surface area contributed by atoms with Crippen LogP contribution >= 0.6 is 11.6 Å². The molecular formula is C13H14ClNO2. The third kappa shape index (κ3) is 2.15. The highest BCUT2D eigenvalue weighted by Crippen LogP contribution is 2.33. The molecule has 0 fully saturated rings. The first-order chi connectivity index (χ1) is 8.00. The maximum Gasteiger partial charge on any atom is 0.231 e. The number of amides is 1. The van der Waals surface area contributed by atoms with Crippen molar-refractivity contribution in [2.24, 2.45) is 0 Å². The lowest BCUT2D eigenvalue weighted by Crippen LogP contribution is -2.36. The van der Waals surface area contributed by atoms with Gasteiger partial charge in [-0.3, -0.25) is 4.79 Å². The number of carbonyl (C=O) groups excluding carboxylic acids is 1. The normalized spacial score (nSPS) is 15.6. The Bertz CT molecular complexity index is 494. The van der Waals surface area contributed by atoms with Crippen LogP contribution in [0.2, 0.25) is 5.02 Å². The van der Waals surface area contributed by atoms with Crippen molar-refractivity contribution in [2.45, 2.75) is 26.3 Å². The van der Waals surface area contributed by atoms with E-state index in [0.29, 0.717) is 16.3 Å². The summed E-state index contributed by atoms with van der Waals surface area (Å²) in [6.45, 7) is 3.89. The Kier molecular flexibility index (Phi) is 3.11. The van der Waals surface area contributed by atoms with Crippen LogP contribution in [0.4, 0.5) is 5.69 Å². The number of anilines is 1. The number of rotatable bonds is 1. The number of nitrogens with zero attached hydrogens (tertiary/aromatic N) is 1. The van der Waals surface area contributed by atoms with Crippen LogP contribution in [-0.2, 0) is 4.79 Å². The summed E-state index contributed by atoms with van der Waals surface area (Å²) in [4.78, 5) is 13.7. The largest absolute Gasteiger partial charge is 0.508 e. The molecule has 4 heteroatoms. The lowest BCUT2D eigenvalue weighted by atomic mass is 10.1. The molecule has 1 aliphatic heterocycles. The number of hydrogen-bond donors (Lipinski definition) is 1. The standard InChI is InChI=1S/C13H14ClNO2/c1-8(2)15-11-4-3-9(14)7-10(11)12(16)5-6-13(15)17/h3-5,7-8,16H,6H2,1-2H3. The van der Waals surface area contributed by atoms with Crippen LogP contribution in [0.5, 0.6) is 0 Å². The highest BCUT2D eigenvalue weighted by Gasteiger charge is 2.25. The Labute approximate surface area is 105 Å². The second-order valence-electron chi connectivity index (χ2n) is 4.31. The Morgan fingerprint density at radius 1 is 1.41 bits per heavy atom. The van der Waals surface area contributed by atoms with Gasteiger partial charge in [0.25, 0.3) is 0 Å². The molecule has 17 heavy (non-hydrogen) atoms. The van der Waals surface area contributed by atoms with Crippen LogP contribution in [0.15, 0.2) is 24.3 Å². The minimum Gasteiger partial charge on any atom is -0.508 e. The van der Waals surface area contributed by atoms with Gasteiger partial charge in [-0.1, -0.05) is 11.6 Å². The third-order valence-corrected chi connectivity index (χ3v) is 2.98. The van der Waals surface area contributed by atoms with Crippen molar-refractivity contribution in [2.75, 3.05) is 4.90 Å². The van der Waals surface area contributed by atoms with Crippen molar-refractivity contribution in [3.63, 3.8) is 0 Å². The molecule has 0 atom stereocenters. The van der Waals surface area contributed by atoms with E-state index in [1.165, 1.54) is 6.08 Å². The van der Waals surface area contributed by atoms with Crippen LogP contribution in [-0.4, -0.2) is 17.1 Å². The molecule has 1 aromatic rings. The average molecular weight is 252 g/mol. The summed E-state index contributed by atoms with van der Waals surface area (Å²) in [5.74, 6) is 0.0895. The number of halogens is 1. The minimum absolute atomic E-state index is 0.0207. The summed E-state index contributed by atoms with van der Waals surface area (Å²) in [5, 5.41) is 10.4. The fraction of sp³-hybridized carbons (Fsp3) is 0.308. The van der Waals surface area contributed by atoms with Gasteiger partial charge in [0, 0.05) is 23.0 Å². The molecule has 0 spiro atoms. The molecule has 0 unspecified atom stereocenters. The van der Waals surface area contributed by atoms with Crippen molar-refractivity contribution in [1.82, 2.24) is 0 Å². The van der Waals surface area contributed by atoms with Crippen molar-refractivity contribution >= 4 is 29.0 Å². The van der Waals surface area contributed by atoms with E-state index in [9.17, 15) is 9.90 Å². The van der Waals surface area contributed by atoms with Crippen molar-refractivity contribution < 1.29 is 9.90 Å². The van der Waals surface area contributed by atoms with Gasteiger partial charge in [-0.2, -0.15) is 0 Å². The third-order valence-electron chi connectivity index (χ3n) is 2.75. The number of hydrogen-bond acceptors (Lipinski definition) is 2. The van der Waals surface area contributed by atoms with Crippen LogP contribution in [0, 0.1) is 0 Å². The first-order valence-corrected chi connectivity index (χ1v) is 5.89. The predicted molar refractivity (Wildman–Crippen MR) is 69.3 cm³/mol. The molecule has 1 N–H and O–H groups in total. The van der Waals surface area contributed by atoms with Crippen LogP contribution in [0.1, 0.15) is 25.8 Å². The van der Waals surface area contributed by atoms with Crippen LogP contribution in [0.3, 0.4) is 0 Å².